The predicted molar refractivity (Wildman–Crippen MR) is 119 cm³/mol. The lowest BCUT2D eigenvalue weighted by atomic mass is 9.77. The largest absolute Gasteiger partial charge is 0.493 e. The molecule has 2 aromatic carbocycles. The van der Waals surface area contributed by atoms with Gasteiger partial charge in [-0.3, -0.25) is 19.8 Å². The highest BCUT2D eigenvalue weighted by molar-refractivity contribution is 6.07. The number of rotatable bonds is 6. The van der Waals surface area contributed by atoms with Crippen molar-refractivity contribution >= 4 is 11.6 Å². The van der Waals surface area contributed by atoms with E-state index >= 15 is 0 Å². The Bertz CT molecular complexity index is 1100. The molecule has 2 fully saturated rings. The zero-order valence-electron chi connectivity index (χ0n) is 17.8. The fourth-order valence-electron chi connectivity index (χ4n) is 5.93. The highest BCUT2D eigenvalue weighted by Gasteiger charge is 2.73. The van der Waals surface area contributed by atoms with Crippen LogP contribution in [0.15, 0.2) is 55.1 Å². The van der Waals surface area contributed by atoms with E-state index in [1.165, 1.54) is 0 Å². The number of nitrogens with zero attached hydrogens (tertiary/aromatic N) is 2. The number of nitrogens with one attached hydrogen (secondary N) is 1. The number of carbonyl (C=O) groups is 1. The van der Waals surface area contributed by atoms with Crippen LogP contribution >= 0.6 is 0 Å². The number of methoxy groups -OCH3 is 1. The topological polar surface area (TPSA) is 93.9 Å². The minimum Gasteiger partial charge on any atom is -0.493 e. The first kappa shape index (κ1) is 20.5. The Labute approximate surface area is 186 Å². The van der Waals surface area contributed by atoms with Gasteiger partial charge < -0.3 is 14.8 Å². The van der Waals surface area contributed by atoms with Crippen LogP contribution in [0.3, 0.4) is 0 Å². The van der Waals surface area contributed by atoms with Crippen LogP contribution in [0.2, 0.25) is 0 Å². The second kappa shape index (κ2) is 7.63. The van der Waals surface area contributed by atoms with Crippen molar-refractivity contribution in [3.63, 3.8) is 0 Å². The first-order valence-electron chi connectivity index (χ1n) is 10.8. The summed E-state index contributed by atoms with van der Waals surface area (Å²) in [6.07, 6.45) is 3.33. The lowest BCUT2D eigenvalue weighted by Gasteiger charge is -2.32. The second-order valence-corrected chi connectivity index (χ2v) is 8.44. The van der Waals surface area contributed by atoms with Gasteiger partial charge in [-0.1, -0.05) is 36.9 Å². The number of nitro groups is 1. The Hall–Kier alpha value is -3.39. The highest BCUT2D eigenvalue weighted by atomic mass is 16.6. The Morgan fingerprint density at radius 2 is 2.12 bits per heavy atom. The third-order valence-electron chi connectivity index (χ3n) is 7.02. The van der Waals surface area contributed by atoms with Crippen molar-refractivity contribution in [2.75, 3.05) is 25.6 Å². The molecule has 32 heavy (non-hydrogen) atoms. The summed E-state index contributed by atoms with van der Waals surface area (Å²) in [7, 11) is 1.55. The van der Waals surface area contributed by atoms with E-state index in [-0.39, 0.29) is 16.9 Å². The lowest BCUT2D eigenvalue weighted by Crippen LogP contribution is -2.55. The molecule has 166 valence electrons. The summed E-state index contributed by atoms with van der Waals surface area (Å²) in [5.74, 6) is 0.279. The van der Waals surface area contributed by atoms with Crippen LogP contribution in [0.1, 0.15) is 29.9 Å². The first-order chi connectivity index (χ1) is 15.5. The third-order valence-corrected chi connectivity index (χ3v) is 7.02. The average Bonchev–Trinajstić information content (AvgIpc) is 3.45. The van der Waals surface area contributed by atoms with Crippen LogP contribution in [-0.4, -0.2) is 48.1 Å². The molecule has 5 rings (SSSR count). The number of hydrogen-bond donors (Lipinski definition) is 1. The van der Waals surface area contributed by atoms with Crippen molar-refractivity contribution in [1.82, 2.24) is 4.90 Å². The van der Waals surface area contributed by atoms with Crippen molar-refractivity contribution in [3.8, 4) is 11.5 Å². The van der Waals surface area contributed by atoms with Crippen molar-refractivity contribution < 1.29 is 19.2 Å². The number of hydrogen-bond acceptors (Lipinski definition) is 6. The quantitative estimate of drug-likeness (QED) is 0.425. The number of anilines is 1. The van der Waals surface area contributed by atoms with Crippen LogP contribution in [0.5, 0.6) is 11.5 Å². The predicted octanol–water partition coefficient (Wildman–Crippen LogP) is 3.31. The molecule has 8 heteroatoms. The molecule has 0 aromatic heterocycles. The fourth-order valence-corrected chi connectivity index (χ4v) is 5.93. The Morgan fingerprint density at radius 3 is 2.88 bits per heavy atom. The highest BCUT2D eigenvalue weighted by Crippen LogP contribution is 2.58. The summed E-state index contributed by atoms with van der Waals surface area (Å²) < 4.78 is 11.2. The number of fused-ring (bicyclic) bond motifs is 4. The second-order valence-electron chi connectivity index (χ2n) is 8.44. The van der Waals surface area contributed by atoms with E-state index < -0.39 is 17.5 Å². The molecule has 3 aliphatic heterocycles. The molecule has 3 heterocycles. The van der Waals surface area contributed by atoms with Gasteiger partial charge in [0.1, 0.15) is 6.61 Å². The number of benzene rings is 2. The SMILES string of the molecule is C=CCOc1ccc([C@@H]2[C@@H]3CCCN3[C@@]3(C(=O)Nc4ccccc43)[C@@H]2[N+](=O)[O-])cc1OC. The van der Waals surface area contributed by atoms with E-state index in [1.54, 1.807) is 19.3 Å². The molecule has 1 amide bonds. The van der Waals surface area contributed by atoms with Crippen molar-refractivity contribution in [2.45, 2.75) is 36.4 Å². The van der Waals surface area contributed by atoms with Crippen LogP contribution in [-0.2, 0) is 10.3 Å². The summed E-state index contributed by atoms with van der Waals surface area (Å²) in [5.41, 5.74) is 0.804. The molecular formula is C24H25N3O5. The molecule has 0 radical (unpaired) electrons. The van der Waals surface area contributed by atoms with E-state index in [0.717, 1.165) is 18.4 Å². The molecule has 2 saturated heterocycles. The molecule has 0 saturated carbocycles. The Kier molecular flexibility index (Phi) is 4.89. The molecular weight excluding hydrogens is 410 g/mol. The van der Waals surface area contributed by atoms with E-state index in [1.807, 2.05) is 36.4 Å². The smallest absolute Gasteiger partial charge is 0.256 e. The molecule has 2 aromatic rings. The Morgan fingerprint density at radius 1 is 1.31 bits per heavy atom. The average molecular weight is 435 g/mol. The van der Waals surface area contributed by atoms with Gasteiger partial charge in [0.2, 0.25) is 0 Å². The molecule has 4 atom stereocenters. The maximum absolute atomic E-state index is 13.5. The first-order valence-corrected chi connectivity index (χ1v) is 10.8. The van der Waals surface area contributed by atoms with Crippen LogP contribution in [0, 0.1) is 10.1 Å². The molecule has 1 spiro atoms. The third kappa shape index (κ3) is 2.69. The van der Waals surface area contributed by atoms with Gasteiger partial charge in [-0.2, -0.15) is 0 Å². The van der Waals surface area contributed by atoms with Crippen molar-refractivity contribution in [1.29, 1.82) is 0 Å². The van der Waals surface area contributed by atoms with Gasteiger partial charge in [0.25, 0.3) is 11.9 Å². The summed E-state index contributed by atoms with van der Waals surface area (Å²) in [6.45, 7) is 4.63. The van der Waals surface area contributed by atoms with E-state index in [0.29, 0.717) is 35.9 Å². The summed E-state index contributed by atoms with van der Waals surface area (Å²) in [5, 5.41) is 15.5. The van der Waals surface area contributed by atoms with Crippen molar-refractivity contribution in [2.24, 2.45) is 0 Å². The molecule has 0 unspecified atom stereocenters. The molecule has 1 N–H and O–H groups in total. The minimum atomic E-state index is -1.32. The molecule has 0 bridgehead atoms. The van der Waals surface area contributed by atoms with Gasteiger partial charge >= 0.3 is 0 Å². The normalized spacial score (nSPS) is 28.3. The van der Waals surface area contributed by atoms with Gasteiger partial charge in [-0.15, -0.1) is 0 Å². The van der Waals surface area contributed by atoms with Gasteiger partial charge in [-0.25, -0.2) is 0 Å². The van der Waals surface area contributed by atoms with Crippen molar-refractivity contribution in [3.05, 3.63) is 76.4 Å². The van der Waals surface area contributed by atoms with E-state index in [9.17, 15) is 14.9 Å². The zero-order valence-corrected chi connectivity index (χ0v) is 17.8. The van der Waals surface area contributed by atoms with Crippen LogP contribution < -0.4 is 14.8 Å². The molecule has 8 nitrogen and oxygen atoms in total. The van der Waals surface area contributed by atoms with Gasteiger partial charge in [0.15, 0.2) is 17.0 Å². The monoisotopic (exact) mass is 435 g/mol. The lowest BCUT2D eigenvalue weighted by molar-refractivity contribution is -0.534. The zero-order chi connectivity index (χ0) is 22.5. The molecule has 0 aliphatic carbocycles. The number of carbonyl (C=O) groups excluding carboxylic acids is 1. The number of ether oxygens (including phenoxy) is 2. The molecule has 3 aliphatic rings. The number of amides is 1. The Balaban J connectivity index is 1.67. The maximum Gasteiger partial charge on any atom is 0.256 e. The standard InChI is InChI=1S/C24H25N3O5/c1-3-13-32-19-11-10-15(14-20(19)31-2)21-18-9-6-12-26(18)24(22(21)27(29)30)16-7-4-5-8-17(16)25-23(24)28/h3-5,7-8,10-11,14,18,21-22H,1,6,9,12-13H2,2H3,(H,25,28)/t18-,21+,22+,24+/m0/s1. The minimum absolute atomic E-state index is 0.119. The summed E-state index contributed by atoms with van der Waals surface area (Å²) in [6, 6.07) is 11.5. The van der Waals surface area contributed by atoms with Gasteiger partial charge in [0.05, 0.1) is 13.0 Å². The van der Waals surface area contributed by atoms with Gasteiger partial charge in [0, 0.05) is 28.8 Å². The van der Waals surface area contributed by atoms with E-state index in [2.05, 4.69) is 16.8 Å². The maximum atomic E-state index is 13.5. The summed E-state index contributed by atoms with van der Waals surface area (Å²) >= 11 is 0. The van der Waals surface area contributed by atoms with Crippen LogP contribution in [0.4, 0.5) is 5.69 Å². The van der Waals surface area contributed by atoms with Gasteiger partial charge in [-0.05, 0) is 36.6 Å². The van der Waals surface area contributed by atoms with E-state index in [4.69, 9.17) is 9.47 Å². The fraction of sp³-hybridized carbons (Fsp3) is 0.375. The summed E-state index contributed by atoms with van der Waals surface area (Å²) in [4.78, 5) is 27.9. The van der Waals surface area contributed by atoms with Crippen LogP contribution in [0.25, 0.3) is 0 Å². The number of para-hydroxylation sites is 1.